The molecular formula is C20H23NO4. The first-order valence-electron chi connectivity index (χ1n) is 8.26. The first-order chi connectivity index (χ1) is 12.0. The standard InChI is InChI=1S/C20H23NO4/c1-14-7-6-10-17(19(14)23)20(24)25-13-18(22)21-15(2)11-12-16-8-4-3-5-9-16/h3-10,15,23H,11-13H2,1-2H3,(H,21,22)/t15-/m1/s1. The Kier molecular flexibility index (Phi) is 6.57. The lowest BCUT2D eigenvalue weighted by Crippen LogP contribution is -2.36. The van der Waals surface area contributed by atoms with Gasteiger partial charge in [0.2, 0.25) is 0 Å². The van der Waals surface area contributed by atoms with Crippen LogP contribution < -0.4 is 5.32 Å². The van der Waals surface area contributed by atoms with Gasteiger partial charge in [0.25, 0.3) is 5.91 Å². The summed E-state index contributed by atoms with van der Waals surface area (Å²) in [6, 6.07) is 14.8. The van der Waals surface area contributed by atoms with Crippen LogP contribution in [0.1, 0.15) is 34.8 Å². The van der Waals surface area contributed by atoms with Gasteiger partial charge in [0.15, 0.2) is 6.61 Å². The smallest absolute Gasteiger partial charge is 0.342 e. The third-order valence-corrected chi connectivity index (χ3v) is 3.91. The van der Waals surface area contributed by atoms with Gasteiger partial charge in [-0.25, -0.2) is 4.79 Å². The molecule has 0 spiro atoms. The summed E-state index contributed by atoms with van der Waals surface area (Å²) in [5.41, 5.74) is 1.85. The number of aryl methyl sites for hydroxylation is 2. The van der Waals surface area contributed by atoms with Crippen molar-refractivity contribution >= 4 is 11.9 Å². The Balaban J connectivity index is 1.76. The zero-order valence-electron chi connectivity index (χ0n) is 14.5. The van der Waals surface area contributed by atoms with Gasteiger partial charge in [-0.3, -0.25) is 4.79 Å². The second-order valence-corrected chi connectivity index (χ2v) is 6.04. The number of carbonyl (C=O) groups excluding carboxylic acids is 2. The molecule has 2 aromatic carbocycles. The number of esters is 1. The molecule has 1 amide bonds. The fraction of sp³-hybridized carbons (Fsp3) is 0.300. The van der Waals surface area contributed by atoms with Crippen molar-refractivity contribution in [2.45, 2.75) is 32.7 Å². The SMILES string of the molecule is Cc1cccc(C(=O)OCC(=O)N[C@H](C)CCc2ccccc2)c1O. The number of rotatable bonds is 7. The van der Waals surface area contributed by atoms with E-state index >= 15 is 0 Å². The summed E-state index contributed by atoms with van der Waals surface area (Å²) in [7, 11) is 0. The van der Waals surface area contributed by atoms with Crippen molar-refractivity contribution in [3.63, 3.8) is 0 Å². The molecule has 0 bridgehead atoms. The highest BCUT2D eigenvalue weighted by Crippen LogP contribution is 2.21. The molecule has 0 saturated carbocycles. The Labute approximate surface area is 147 Å². The fourth-order valence-electron chi connectivity index (χ4n) is 2.45. The molecular weight excluding hydrogens is 318 g/mol. The molecule has 0 aliphatic rings. The molecule has 2 N–H and O–H groups in total. The molecule has 2 rings (SSSR count). The van der Waals surface area contributed by atoms with Gasteiger partial charge in [-0.1, -0.05) is 42.5 Å². The molecule has 0 radical (unpaired) electrons. The van der Waals surface area contributed by atoms with Crippen LogP contribution in [0, 0.1) is 6.92 Å². The van der Waals surface area contributed by atoms with Crippen molar-refractivity contribution in [3.8, 4) is 5.75 Å². The molecule has 0 saturated heterocycles. The molecule has 0 unspecified atom stereocenters. The minimum absolute atomic E-state index is 0.0289. The number of nitrogens with one attached hydrogen (secondary N) is 1. The molecule has 132 valence electrons. The minimum Gasteiger partial charge on any atom is -0.507 e. The van der Waals surface area contributed by atoms with Gasteiger partial charge < -0.3 is 15.2 Å². The number of para-hydroxylation sites is 1. The molecule has 1 atom stereocenters. The lowest BCUT2D eigenvalue weighted by atomic mass is 10.1. The van der Waals surface area contributed by atoms with Gasteiger partial charge in [-0.2, -0.15) is 0 Å². The number of hydrogen-bond acceptors (Lipinski definition) is 4. The maximum Gasteiger partial charge on any atom is 0.342 e. The van der Waals surface area contributed by atoms with E-state index in [1.54, 1.807) is 19.1 Å². The third kappa shape index (κ3) is 5.64. The maximum absolute atomic E-state index is 12.0. The molecule has 0 aliphatic heterocycles. The summed E-state index contributed by atoms with van der Waals surface area (Å²) in [5, 5.41) is 12.7. The van der Waals surface area contributed by atoms with Crippen molar-refractivity contribution < 1.29 is 19.4 Å². The monoisotopic (exact) mass is 341 g/mol. The van der Waals surface area contributed by atoms with Crippen LogP contribution in [0.25, 0.3) is 0 Å². The minimum atomic E-state index is -0.715. The number of hydrogen-bond donors (Lipinski definition) is 2. The maximum atomic E-state index is 12.0. The van der Waals surface area contributed by atoms with E-state index in [9.17, 15) is 14.7 Å². The number of phenolic OH excluding ortho intramolecular Hbond substituents is 1. The highest BCUT2D eigenvalue weighted by molar-refractivity contribution is 5.94. The molecule has 5 nitrogen and oxygen atoms in total. The number of aromatic hydroxyl groups is 1. The van der Waals surface area contributed by atoms with E-state index in [1.165, 1.54) is 11.6 Å². The summed E-state index contributed by atoms with van der Waals surface area (Å²) in [5.74, 6) is -1.20. The number of benzene rings is 2. The lowest BCUT2D eigenvalue weighted by molar-refractivity contribution is -0.124. The molecule has 0 fully saturated rings. The van der Waals surface area contributed by atoms with E-state index in [0.717, 1.165) is 12.8 Å². The first kappa shape index (κ1) is 18.5. The van der Waals surface area contributed by atoms with Crippen molar-refractivity contribution in [3.05, 3.63) is 65.2 Å². The molecule has 0 aliphatic carbocycles. The van der Waals surface area contributed by atoms with E-state index in [0.29, 0.717) is 5.56 Å². The Morgan fingerprint density at radius 1 is 1.12 bits per heavy atom. The molecule has 0 heterocycles. The van der Waals surface area contributed by atoms with Crippen LogP contribution in [0.2, 0.25) is 0 Å². The van der Waals surface area contributed by atoms with E-state index in [4.69, 9.17) is 4.74 Å². The predicted molar refractivity (Wildman–Crippen MR) is 95.5 cm³/mol. The van der Waals surface area contributed by atoms with Crippen LogP contribution in [-0.2, 0) is 16.0 Å². The second-order valence-electron chi connectivity index (χ2n) is 6.04. The van der Waals surface area contributed by atoms with Gasteiger partial charge in [-0.05, 0) is 43.9 Å². The normalized spacial score (nSPS) is 11.6. The lowest BCUT2D eigenvalue weighted by Gasteiger charge is -2.14. The van der Waals surface area contributed by atoms with Crippen LogP contribution >= 0.6 is 0 Å². The van der Waals surface area contributed by atoms with Crippen LogP contribution in [0.5, 0.6) is 5.75 Å². The number of ether oxygens (including phenoxy) is 1. The topological polar surface area (TPSA) is 75.6 Å². The summed E-state index contributed by atoms with van der Waals surface area (Å²) in [6.45, 7) is 3.23. The van der Waals surface area contributed by atoms with Gasteiger partial charge in [-0.15, -0.1) is 0 Å². The van der Waals surface area contributed by atoms with Crippen LogP contribution in [-0.4, -0.2) is 29.6 Å². The third-order valence-electron chi connectivity index (χ3n) is 3.91. The van der Waals surface area contributed by atoms with E-state index in [1.807, 2.05) is 37.3 Å². The summed E-state index contributed by atoms with van der Waals surface area (Å²) in [6.07, 6.45) is 1.65. The predicted octanol–water partition coefficient (Wildman–Crippen LogP) is 2.99. The summed E-state index contributed by atoms with van der Waals surface area (Å²) < 4.78 is 4.98. The van der Waals surface area contributed by atoms with E-state index < -0.39 is 5.97 Å². The molecule has 5 heteroatoms. The Morgan fingerprint density at radius 3 is 2.56 bits per heavy atom. The van der Waals surface area contributed by atoms with Gasteiger partial charge in [0.05, 0.1) is 0 Å². The van der Waals surface area contributed by atoms with E-state index in [-0.39, 0.29) is 29.9 Å². The van der Waals surface area contributed by atoms with Gasteiger partial charge in [0, 0.05) is 6.04 Å². The second kappa shape index (κ2) is 8.87. The van der Waals surface area contributed by atoms with Crippen molar-refractivity contribution in [2.24, 2.45) is 0 Å². The first-order valence-corrected chi connectivity index (χ1v) is 8.26. The van der Waals surface area contributed by atoms with Crippen LogP contribution in [0.4, 0.5) is 0 Å². The zero-order chi connectivity index (χ0) is 18.2. The Bertz CT molecular complexity index is 728. The van der Waals surface area contributed by atoms with Gasteiger partial charge in [0.1, 0.15) is 11.3 Å². The fourth-order valence-corrected chi connectivity index (χ4v) is 2.45. The largest absolute Gasteiger partial charge is 0.507 e. The molecule has 2 aromatic rings. The number of phenols is 1. The molecule has 25 heavy (non-hydrogen) atoms. The summed E-state index contributed by atoms with van der Waals surface area (Å²) >= 11 is 0. The Morgan fingerprint density at radius 2 is 1.84 bits per heavy atom. The average molecular weight is 341 g/mol. The van der Waals surface area contributed by atoms with Crippen LogP contribution in [0.3, 0.4) is 0 Å². The van der Waals surface area contributed by atoms with Crippen molar-refractivity contribution in [1.29, 1.82) is 0 Å². The van der Waals surface area contributed by atoms with Crippen molar-refractivity contribution in [2.75, 3.05) is 6.61 Å². The zero-order valence-corrected chi connectivity index (χ0v) is 14.5. The van der Waals surface area contributed by atoms with Gasteiger partial charge >= 0.3 is 5.97 Å². The average Bonchev–Trinajstić information content (AvgIpc) is 2.61. The quantitative estimate of drug-likeness (QED) is 0.759. The number of carbonyl (C=O) groups is 2. The highest BCUT2D eigenvalue weighted by Gasteiger charge is 2.16. The number of amides is 1. The summed E-state index contributed by atoms with van der Waals surface area (Å²) in [4.78, 5) is 23.9. The Hall–Kier alpha value is -2.82. The van der Waals surface area contributed by atoms with Crippen molar-refractivity contribution in [1.82, 2.24) is 5.32 Å². The highest BCUT2D eigenvalue weighted by atomic mass is 16.5. The van der Waals surface area contributed by atoms with Crippen LogP contribution in [0.15, 0.2) is 48.5 Å². The molecule has 0 aromatic heterocycles. The van der Waals surface area contributed by atoms with E-state index in [2.05, 4.69) is 5.32 Å².